The average Bonchev–Trinajstić information content (AvgIpc) is 3.24. The minimum absolute atomic E-state index is 0.212. The Morgan fingerprint density at radius 2 is 2.20 bits per heavy atom. The second-order valence-electron chi connectivity index (χ2n) is 5.74. The molecule has 3 aromatic rings. The van der Waals surface area contributed by atoms with Gasteiger partial charge in [0.1, 0.15) is 5.82 Å². The predicted molar refractivity (Wildman–Crippen MR) is 96.9 cm³/mol. The highest BCUT2D eigenvalue weighted by Gasteiger charge is 2.17. The summed E-state index contributed by atoms with van der Waals surface area (Å²) in [4.78, 5) is 13.4. The zero-order valence-corrected chi connectivity index (χ0v) is 14.6. The first-order valence-corrected chi connectivity index (χ1v) is 8.77. The molecule has 0 radical (unpaired) electrons. The number of carbonyl (C=O) groups is 1. The fourth-order valence-corrected chi connectivity index (χ4v) is 3.54. The number of hydrogen-bond acceptors (Lipinski definition) is 4. The lowest BCUT2D eigenvalue weighted by Crippen LogP contribution is -2.41. The lowest BCUT2D eigenvalue weighted by atomic mass is 10.1. The van der Waals surface area contributed by atoms with Crippen molar-refractivity contribution in [2.75, 3.05) is 6.54 Å². The van der Waals surface area contributed by atoms with Crippen LogP contribution in [0.5, 0.6) is 0 Å². The number of nitrogens with two attached hydrogens (primary N) is 1. The van der Waals surface area contributed by atoms with E-state index in [0.717, 1.165) is 10.6 Å². The van der Waals surface area contributed by atoms with Gasteiger partial charge in [-0.25, -0.2) is 4.39 Å². The Kier molecular flexibility index (Phi) is 5.25. The maximum atomic E-state index is 13.8. The highest BCUT2D eigenvalue weighted by molar-refractivity contribution is 7.13. The standard InChI is InChI=1S/C18H19FN4OS/c1-23-16(6-7-21-23)17-9-13(11-25-17)18(24)22-14(10-20)8-12-4-2-3-5-15(12)19/h2-7,9,11,14H,8,10,20H2,1H3,(H,22,24). The predicted octanol–water partition coefficient (Wildman–Crippen LogP) is 2.59. The van der Waals surface area contributed by atoms with Crippen molar-refractivity contribution >= 4 is 17.2 Å². The smallest absolute Gasteiger partial charge is 0.252 e. The van der Waals surface area contributed by atoms with E-state index < -0.39 is 0 Å². The molecule has 7 heteroatoms. The molecule has 0 saturated carbocycles. The minimum atomic E-state index is -0.329. The number of nitrogens with zero attached hydrogens (tertiary/aromatic N) is 2. The van der Waals surface area contributed by atoms with E-state index in [0.29, 0.717) is 17.5 Å². The summed E-state index contributed by atoms with van der Waals surface area (Å²) in [5.41, 5.74) is 7.81. The number of thiophene rings is 1. The van der Waals surface area contributed by atoms with Crippen LogP contribution in [0.2, 0.25) is 0 Å². The number of aryl methyl sites for hydroxylation is 1. The van der Waals surface area contributed by atoms with Crippen LogP contribution < -0.4 is 11.1 Å². The van der Waals surface area contributed by atoms with Crippen LogP contribution >= 0.6 is 11.3 Å². The van der Waals surface area contributed by atoms with E-state index in [1.165, 1.54) is 17.4 Å². The quantitative estimate of drug-likeness (QED) is 0.711. The molecule has 0 bridgehead atoms. The molecule has 0 aliphatic heterocycles. The Morgan fingerprint density at radius 1 is 1.40 bits per heavy atom. The van der Waals surface area contributed by atoms with Gasteiger partial charge in [-0.05, 0) is 30.2 Å². The molecule has 0 aliphatic carbocycles. The number of benzene rings is 1. The highest BCUT2D eigenvalue weighted by Crippen LogP contribution is 2.26. The maximum absolute atomic E-state index is 13.8. The summed E-state index contributed by atoms with van der Waals surface area (Å²) < 4.78 is 15.5. The molecule has 0 spiro atoms. The molecule has 2 heterocycles. The molecule has 3 rings (SSSR count). The van der Waals surface area contributed by atoms with Crippen LogP contribution in [0.3, 0.4) is 0 Å². The number of carbonyl (C=O) groups excluding carboxylic acids is 1. The number of hydrogen-bond donors (Lipinski definition) is 2. The van der Waals surface area contributed by atoms with E-state index in [2.05, 4.69) is 10.4 Å². The fourth-order valence-electron chi connectivity index (χ4n) is 2.60. The first kappa shape index (κ1) is 17.3. The van der Waals surface area contributed by atoms with Gasteiger partial charge in [-0.15, -0.1) is 11.3 Å². The monoisotopic (exact) mass is 358 g/mol. The van der Waals surface area contributed by atoms with Gasteiger partial charge in [0.25, 0.3) is 5.91 Å². The van der Waals surface area contributed by atoms with Crippen LogP contribution in [-0.2, 0) is 13.5 Å². The molecular weight excluding hydrogens is 339 g/mol. The van der Waals surface area contributed by atoms with Crippen molar-refractivity contribution in [3.8, 4) is 10.6 Å². The summed E-state index contributed by atoms with van der Waals surface area (Å²) >= 11 is 1.48. The van der Waals surface area contributed by atoms with Crippen LogP contribution in [0.25, 0.3) is 10.6 Å². The second kappa shape index (κ2) is 7.58. The molecule has 130 valence electrons. The minimum Gasteiger partial charge on any atom is -0.348 e. The van der Waals surface area contributed by atoms with E-state index in [-0.39, 0.29) is 24.3 Å². The Hall–Kier alpha value is -2.51. The third kappa shape index (κ3) is 3.94. The van der Waals surface area contributed by atoms with Gasteiger partial charge in [-0.3, -0.25) is 9.48 Å². The third-order valence-corrected chi connectivity index (χ3v) is 4.93. The normalized spacial score (nSPS) is 12.1. The van der Waals surface area contributed by atoms with Crippen molar-refractivity contribution in [3.05, 3.63) is 64.9 Å². The van der Waals surface area contributed by atoms with Crippen LogP contribution in [0.4, 0.5) is 4.39 Å². The van der Waals surface area contributed by atoms with Crippen molar-refractivity contribution in [2.24, 2.45) is 12.8 Å². The number of aromatic nitrogens is 2. The van der Waals surface area contributed by atoms with Gasteiger partial charge in [-0.1, -0.05) is 18.2 Å². The first-order valence-electron chi connectivity index (χ1n) is 7.89. The molecule has 5 nitrogen and oxygen atoms in total. The molecule has 0 aliphatic rings. The lowest BCUT2D eigenvalue weighted by Gasteiger charge is -2.17. The van der Waals surface area contributed by atoms with Gasteiger partial charge in [0.2, 0.25) is 0 Å². The number of halogens is 1. The molecular formula is C18H19FN4OS. The molecule has 1 aromatic carbocycles. The number of nitrogens with one attached hydrogen (secondary N) is 1. The number of amides is 1. The Morgan fingerprint density at radius 3 is 2.88 bits per heavy atom. The molecule has 1 amide bonds. The van der Waals surface area contributed by atoms with E-state index in [1.807, 2.05) is 19.2 Å². The molecule has 0 saturated heterocycles. The molecule has 0 fully saturated rings. The summed E-state index contributed by atoms with van der Waals surface area (Å²) in [7, 11) is 1.85. The van der Waals surface area contributed by atoms with Gasteiger partial charge in [0, 0.05) is 31.2 Å². The summed E-state index contributed by atoms with van der Waals surface area (Å²) in [6, 6.07) is 9.91. The van der Waals surface area contributed by atoms with Crippen LogP contribution in [-0.4, -0.2) is 28.3 Å². The zero-order valence-electron chi connectivity index (χ0n) is 13.8. The summed E-state index contributed by atoms with van der Waals surface area (Å²) in [5, 5.41) is 8.82. The van der Waals surface area contributed by atoms with Crippen LogP contribution in [0, 0.1) is 5.82 Å². The Bertz CT molecular complexity index is 873. The molecule has 25 heavy (non-hydrogen) atoms. The van der Waals surface area contributed by atoms with E-state index in [9.17, 15) is 9.18 Å². The summed E-state index contributed by atoms with van der Waals surface area (Å²) in [6.07, 6.45) is 2.07. The topological polar surface area (TPSA) is 72.9 Å². The summed E-state index contributed by atoms with van der Waals surface area (Å²) in [5.74, 6) is -0.499. The van der Waals surface area contributed by atoms with Gasteiger partial charge in [-0.2, -0.15) is 5.10 Å². The highest BCUT2D eigenvalue weighted by atomic mass is 32.1. The van der Waals surface area contributed by atoms with Crippen molar-refractivity contribution in [1.82, 2.24) is 15.1 Å². The van der Waals surface area contributed by atoms with Crippen molar-refractivity contribution in [1.29, 1.82) is 0 Å². The lowest BCUT2D eigenvalue weighted by molar-refractivity contribution is 0.0938. The molecule has 3 N–H and O–H groups in total. The maximum Gasteiger partial charge on any atom is 0.252 e. The van der Waals surface area contributed by atoms with Crippen LogP contribution in [0.15, 0.2) is 48.0 Å². The average molecular weight is 358 g/mol. The SMILES string of the molecule is Cn1nccc1-c1cc(C(=O)NC(CN)Cc2ccccc2F)cs1. The molecule has 2 aromatic heterocycles. The largest absolute Gasteiger partial charge is 0.348 e. The van der Waals surface area contributed by atoms with E-state index in [4.69, 9.17) is 5.73 Å². The fraction of sp³-hybridized carbons (Fsp3) is 0.222. The van der Waals surface area contributed by atoms with E-state index >= 15 is 0 Å². The zero-order chi connectivity index (χ0) is 17.8. The van der Waals surface area contributed by atoms with Crippen LogP contribution in [0.1, 0.15) is 15.9 Å². The van der Waals surface area contributed by atoms with Crippen molar-refractivity contribution in [3.63, 3.8) is 0 Å². The van der Waals surface area contributed by atoms with E-state index in [1.54, 1.807) is 34.5 Å². The second-order valence-corrected chi connectivity index (χ2v) is 6.65. The third-order valence-electron chi connectivity index (χ3n) is 3.98. The van der Waals surface area contributed by atoms with Crippen molar-refractivity contribution in [2.45, 2.75) is 12.5 Å². The first-order chi connectivity index (χ1) is 12.1. The molecule has 1 atom stereocenters. The van der Waals surface area contributed by atoms with Crippen molar-refractivity contribution < 1.29 is 9.18 Å². The van der Waals surface area contributed by atoms with Gasteiger partial charge in [0.15, 0.2) is 0 Å². The Labute approximate surface area is 149 Å². The van der Waals surface area contributed by atoms with Gasteiger partial charge in [0.05, 0.1) is 16.1 Å². The summed E-state index contributed by atoms with van der Waals surface area (Å²) in [6.45, 7) is 0.235. The Balaban J connectivity index is 1.69. The number of rotatable bonds is 6. The molecule has 1 unspecified atom stereocenters. The van der Waals surface area contributed by atoms with Gasteiger partial charge < -0.3 is 11.1 Å². The van der Waals surface area contributed by atoms with Gasteiger partial charge >= 0.3 is 0 Å².